The van der Waals surface area contributed by atoms with Gasteiger partial charge in [0.05, 0.1) is 16.5 Å². The molecule has 2 amide bonds. The lowest BCUT2D eigenvalue weighted by atomic mass is 10.1. The number of nitrogens with zero attached hydrogens (tertiary/aromatic N) is 3. The Balaban J connectivity index is 1.62. The minimum Gasteiger partial charge on any atom is -0.342 e. The van der Waals surface area contributed by atoms with Crippen molar-refractivity contribution < 1.29 is 9.59 Å². The normalized spacial score (nSPS) is 18.8. The Kier molecular flexibility index (Phi) is 6.37. The summed E-state index contributed by atoms with van der Waals surface area (Å²) < 4.78 is 0. The van der Waals surface area contributed by atoms with E-state index in [1.54, 1.807) is 12.1 Å². The number of amidine groups is 1. The Morgan fingerprint density at radius 3 is 2.52 bits per heavy atom. The number of para-hydroxylation sites is 1. The summed E-state index contributed by atoms with van der Waals surface area (Å²) in [5.74, 6) is 0.301. The Bertz CT molecular complexity index is 672. The molecule has 1 aromatic carbocycles. The number of aliphatic imine (C=N–C) groups is 1. The third-order valence-corrected chi connectivity index (χ3v) is 5.70. The lowest BCUT2D eigenvalue weighted by Gasteiger charge is -2.25. The smallest absolute Gasteiger partial charge is 0.254 e. The van der Waals surface area contributed by atoms with Crippen LogP contribution >= 0.6 is 23.4 Å². The molecule has 0 spiro atoms. The van der Waals surface area contributed by atoms with Gasteiger partial charge in [0.1, 0.15) is 6.54 Å². The average Bonchev–Trinajstić information content (AvgIpc) is 2.93. The van der Waals surface area contributed by atoms with Gasteiger partial charge in [0.15, 0.2) is 5.17 Å². The molecule has 0 aliphatic carbocycles. The molecule has 0 atom stereocenters. The van der Waals surface area contributed by atoms with Gasteiger partial charge in [-0.1, -0.05) is 54.8 Å². The van der Waals surface area contributed by atoms with E-state index < -0.39 is 0 Å². The zero-order valence-corrected chi connectivity index (χ0v) is 15.7. The van der Waals surface area contributed by atoms with E-state index in [1.165, 1.54) is 35.9 Å². The minimum absolute atomic E-state index is 0.103. The molecular weight excluding hydrogens is 358 g/mol. The predicted molar refractivity (Wildman–Crippen MR) is 103 cm³/mol. The van der Waals surface area contributed by atoms with E-state index in [0.717, 1.165) is 25.9 Å². The first-order valence-electron chi connectivity index (χ1n) is 8.69. The van der Waals surface area contributed by atoms with Gasteiger partial charge in [-0.25, -0.2) is 0 Å². The van der Waals surface area contributed by atoms with Gasteiger partial charge in [-0.05, 0) is 25.0 Å². The molecule has 7 heteroatoms. The van der Waals surface area contributed by atoms with Crippen LogP contribution in [0.3, 0.4) is 0 Å². The summed E-state index contributed by atoms with van der Waals surface area (Å²) in [6.45, 7) is 1.77. The quantitative estimate of drug-likeness (QED) is 0.806. The van der Waals surface area contributed by atoms with E-state index >= 15 is 0 Å². The third kappa shape index (κ3) is 4.55. The maximum atomic E-state index is 12.5. The summed E-state index contributed by atoms with van der Waals surface area (Å²) in [4.78, 5) is 32.5. The number of likely N-dealkylation sites (tertiary alicyclic amines) is 1. The Hall–Kier alpha value is -1.53. The summed E-state index contributed by atoms with van der Waals surface area (Å²) in [5.41, 5.74) is 0.622. The molecule has 0 aromatic heterocycles. The van der Waals surface area contributed by atoms with Crippen LogP contribution in [0.5, 0.6) is 0 Å². The fraction of sp³-hybridized carbons (Fsp3) is 0.500. The Morgan fingerprint density at radius 2 is 1.80 bits per heavy atom. The zero-order valence-electron chi connectivity index (χ0n) is 14.1. The van der Waals surface area contributed by atoms with E-state index in [9.17, 15) is 9.59 Å². The van der Waals surface area contributed by atoms with E-state index in [0.29, 0.717) is 21.6 Å². The van der Waals surface area contributed by atoms with Crippen molar-refractivity contribution in [2.24, 2.45) is 4.99 Å². The highest BCUT2D eigenvalue weighted by molar-refractivity contribution is 8.14. The van der Waals surface area contributed by atoms with Gasteiger partial charge in [-0.15, -0.1) is 0 Å². The lowest BCUT2D eigenvalue weighted by Crippen LogP contribution is -2.36. The maximum Gasteiger partial charge on any atom is 0.254 e. The van der Waals surface area contributed by atoms with Crippen LogP contribution in [0.25, 0.3) is 0 Å². The standard InChI is InChI=1S/C18H22ClN3O2S/c19-14-8-4-5-9-15(14)22-16(23)12-20-18(22)25-13-17(24)21-10-6-2-1-3-7-11-21/h4-5,8-9H,1-3,6-7,10-13H2. The number of carbonyl (C=O) groups excluding carboxylic acids is 2. The number of benzene rings is 1. The van der Waals surface area contributed by atoms with E-state index in [2.05, 4.69) is 4.99 Å². The van der Waals surface area contributed by atoms with Crippen LogP contribution in [0.1, 0.15) is 32.1 Å². The fourth-order valence-corrected chi connectivity index (χ4v) is 4.22. The summed E-state index contributed by atoms with van der Waals surface area (Å²) in [7, 11) is 0. The molecule has 2 aliphatic heterocycles. The zero-order chi connectivity index (χ0) is 17.6. The van der Waals surface area contributed by atoms with Crippen molar-refractivity contribution in [3.8, 4) is 0 Å². The van der Waals surface area contributed by atoms with Gasteiger partial charge in [-0.3, -0.25) is 19.5 Å². The van der Waals surface area contributed by atoms with Crippen molar-refractivity contribution in [2.75, 3.05) is 30.3 Å². The van der Waals surface area contributed by atoms with E-state index in [1.807, 2.05) is 17.0 Å². The molecule has 0 unspecified atom stereocenters. The van der Waals surface area contributed by atoms with E-state index in [4.69, 9.17) is 11.6 Å². The molecule has 1 aromatic rings. The van der Waals surface area contributed by atoms with Crippen LogP contribution in [0.2, 0.25) is 5.02 Å². The summed E-state index contributed by atoms with van der Waals surface area (Å²) in [6, 6.07) is 7.19. The predicted octanol–water partition coefficient (Wildman–Crippen LogP) is 3.57. The largest absolute Gasteiger partial charge is 0.342 e. The minimum atomic E-state index is -0.116. The van der Waals surface area contributed by atoms with Crippen LogP contribution in [-0.2, 0) is 9.59 Å². The van der Waals surface area contributed by atoms with Crippen molar-refractivity contribution in [1.82, 2.24) is 4.90 Å². The SMILES string of the molecule is O=C(CSC1=NCC(=O)N1c1ccccc1Cl)N1CCCCCCC1. The molecule has 3 rings (SSSR count). The van der Waals surface area contributed by atoms with Crippen molar-refractivity contribution in [3.05, 3.63) is 29.3 Å². The van der Waals surface area contributed by atoms with Crippen LogP contribution < -0.4 is 4.90 Å². The molecule has 2 heterocycles. The van der Waals surface area contributed by atoms with Gasteiger partial charge < -0.3 is 4.90 Å². The van der Waals surface area contributed by atoms with Gasteiger partial charge in [0.2, 0.25) is 5.91 Å². The number of halogens is 1. The maximum absolute atomic E-state index is 12.5. The van der Waals surface area contributed by atoms with Gasteiger partial charge in [0.25, 0.3) is 5.91 Å². The first kappa shape index (κ1) is 18.3. The van der Waals surface area contributed by atoms with Crippen LogP contribution in [-0.4, -0.2) is 47.3 Å². The molecule has 0 radical (unpaired) electrons. The molecule has 0 N–H and O–H groups in total. The highest BCUT2D eigenvalue weighted by Gasteiger charge is 2.29. The second-order valence-electron chi connectivity index (χ2n) is 6.22. The number of anilines is 1. The molecule has 0 saturated carbocycles. The first-order valence-corrected chi connectivity index (χ1v) is 10.1. The second kappa shape index (κ2) is 8.72. The van der Waals surface area contributed by atoms with Crippen molar-refractivity contribution in [2.45, 2.75) is 32.1 Å². The molecule has 1 fully saturated rings. The number of thioether (sulfide) groups is 1. The number of rotatable bonds is 3. The number of amides is 2. The van der Waals surface area contributed by atoms with Gasteiger partial charge in [-0.2, -0.15) is 0 Å². The molecule has 134 valence electrons. The van der Waals surface area contributed by atoms with Crippen LogP contribution in [0, 0.1) is 0 Å². The fourth-order valence-electron chi connectivity index (χ4n) is 3.08. The van der Waals surface area contributed by atoms with E-state index in [-0.39, 0.29) is 18.4 Å². The number of hydrogen-bond acceptors (Lipinski definition) is 4. The monoisotopic (exact) mass is 379 g/mol. The Morgan fingerprint density at radius 1 is 1.12 bits per heavy atom. The van der Waals surface area contributed by atoms with Crippen LogP contribution in [0.4, 0.5) is 5.69 Å². The van der Waals surface area contributed by atoms with Gasteiger partial charge in [0, 0.05) is 13.1 Å². The number of carbonyl (C=O) groups is 2. The summed E-state index contributed by atoms with van der Waals surface area (Å²) in [5, 5.41) is 1.06. The van der Waals surface area contributed by atoms with Crippen molar-refractivity contribution in [3.63, 3.8) is 0 Å². The summed E-state index contributed by atoms with van der Waals surface area (Å²) >= 11 is 7.54. The van der Waals surface area contributed by atoms with Gasteiger partial charge >= 0.3 is 0 Å². The molecule has 25 heavy (non-hydrogen) atoms. The summed E-state index contributed by atoms with van der Waals surface area (Å²) in [6.07, 6.45) is 5.79. The average molecular weight is 380 g/mol. The second-order valence-corrected chi connectivity index (χ2v) is 7.57. The van der Waals surface area contributed by atoms with Crippen molar-refractivity contribution in [1.29, 1.82) is 0 Å². The first-order chi connectivity index (χ1) is 12.2. The highest BCUT2D eigenvalue weighted by Crippen LogP contribution is 2.30. The molecule has 2 aliphatic rings. The van der Waals surface area contributed by atoms with Crippen LogP contribution in [0.15, 0.2) is 29.3 Å². The lowest BCUT2D eigenvalue weighted by molar-refractivity contribution is -0.128. The molecule has 0 bridgehead atoms. The highest BCUT2D eigenvalue weighted by atomic mass is 35.5. The number of hydrogen-bond donors (Lipinski definition) is 0. The van der Waals surface area contributed by atoms with Crippen molar-refractivity contribution >= 4 is 46.0 Å². The third-order valence-electron chi connectivity index (χ3n) is 4.42. The topological polar surface area (TPSA) is 53.0 Å². The Labute approximate surface area is 157 Å². The molecule has 1 saturated heterocycles. The molecular formula is C18H22ClN3O2S. The molecule has 5 nitrogen and oxygen atoms in total.